The van der Waals surface area contributed by atoms with Crippen molar-refractivity contribution in [3.63, 3.8) is 0 Å². The summed E-state index contributed by atoms with van der Waals surface area (Å²) in [7, 11) is 0. The highest BCUT2D eigenvalue weighted by Crippen LogP contribution is 2.28. The van der Waals surface area contributed by atoms with Gasteiger partial charge in [-0.1, -0.05) is 6.92 Å². The van der Waals surface area contributed by atoms with Crippen molar-refractivity contribution in [2.24, 2.45) is 0 Å². The van der Waals surface area contributed by atoms with Crippen molar-refractivity contribution in [2.45, 2.75) is 38.7 Å². The third kappa shape index (κ3) is 2.49. The average molecular weight is 226 g/mol. The van der Waals surface area contributed by atoms with Gasteiger partial charge in [0.05, 0.1) is 11.3 Å². The third-order valence-electron chi connectivity index (χ3n) is 2.85. The molecule has 0 bridgehead atoms. The van der Waals surface area contributed by atoms with Crippen LogP contribution in [0.15, 0.2) is 5.38 Å². The largest absolute Gasteiger partial charge is 0.388 e. The van der Waals surface area contributed by atoms with E-state index in [4.69, 9.17) is 0 Å². The number of anilines is 1. The van der Waals surface area contributed by atoms with Gasteiger partial charge < -0.3 is 10.0 Å². The van der Waals surface area contributed by atoms with Crippen molar-refractivity contribution in [3.8, 4) is 0 Å². The van der Waals surface area contributed by atoms with Gasteiger partial charge in [0.2, 0.25) is 0 Å². The first-order valence-electron chi connectivity index (χ1n) is 5.52. The van der Waals surface area contributed by atoms with Crippen LogP contribution in [-0.4, -0.2) is 28.8 Å². The summed E-state index contributed by atoms with van der Waals surface area (Å²) in [5.41, 5.74) is 0.608. The van der Waals surface area contributed by atoms with Crippen LogP contribution in [0.1, 0.15) is 32.4 Å². The quantitative estimate of drug-likeness (QED) is 0.838. The molecule has 0 spiro atoms. The topological polar surface area (TPSA) is 36.4 Å². The highest BCUT2D eigenvalue weighted by atomic mass is 32.1. The fourth-order valence-corrected chi connectivity index (χ4v) is 2.92. The molecule has 2 rings (SSSR count). The summed E-state index contributed by atoms with van der Waals surface area (Å²) >= 11 is 1.69. The van der Waals surface area contributed by atoms with Gasteiger partial charge in [-0.15, -0.1) is 11.3 Å². The molecule has 0 saturated carbocycles. The van der Waals surface area contributed by atoms with E-state index in [0.717, 1.165) is 36.6 Å². The number of aliphatic hydroxyl groups is 1. The van der Waals surface area contributed by atoms with Crippen LogP contribution in [0, 0.1) is 0 Å². The van der Waals surface area contributed by atoms with Crippen LogP contribution in [0.3, 0.4) is 0 Å². The van der Waals surface area contributed by atoms with Gasteiger partial charge >= 0.3 is 0 Å². The molecule has 1 saturated heterocycles. The molecule has 0 amide bonds. The predicted molar refractivity (Wildman–Crippen MR) is 63.6 cm³/mol. The first kappa shape index (κ1) is 10.9. The maximum Gasteiger partial charge on any atom is 0.185 e. The molecular formula is C11H18N2OS. The van der Waals surface area contributed by atoms with Crippen LogP contribution >= 0.6 is 11.3 Å². The summed E-state index contributed by atoms with van der Waals surface area (Å²) in [6.45, 7) is 5.76. The van der Waals surface area contributed by atoms with Gasteiger partial charge in [-0.3, -0.25) is 0 Å². The monoisotopic (exact) mass is 226 g/mol. The third-order valence-corrected chi connectivity index (χ3v) is 3.80. The smallest absolute Gasteiger partial charge is 0.185 e. The lowest BCUT2D eigenvalue weighted by molar-refractivity contribution is 0.0449. The van der Waals surface area contributed by atoms with Crippen molar-refractivity contribution in [1.29, 1.82) is 0 Å². The van der Waals surface area contributed by atoms with Crippen LogP contribution in [0.2, 0.25) is 0 Å². The molecule has 0 radical (unpaired) electrons. The van der Waals surface area contributed by atoms with Crippen molar-refractivity contribution < 1.29 is 5.11 Å². The molecule has 2 heterocycles. The van der Waals surface area contributed by atoms with Gasteiger partial charge in [0, 0.05) is 18.5 Å². The summed E-state index contributed by atoms with van der Waals surface area (Å²) < 4.78 is 0. The van der Waals surface area contributed by atoms with Crippen LogP contribution in [-0.2, 0) is 6.42 Å². The molecule has 1 atom stereocenters. The molecule has 4 heteroatoms. The molecule has 1 N–H and O–H groups in total. The van der Waals surface area contributed by atoms with Crippen LogP contribution < -0.4 is 4.90 Å². The molecule has 1 aliphatic heterocycles. The van der Waals surface area contributed by atoms with Crippen molar-refractivity contribution in [1.82, 2.24) is 4.98 Å². The lowest BCUT2D eigenvalue weighted by atomic mass is 9.96. The second kappa shape index (κ2) is 4.10. The van der Waals surface area contributed by atoms with E-state index in [-0.39, 0.29) is 0 Å². The summed E-state index contributed by atoms with van der Waals surface area (Å²) in [6, 6.07) is 0. The zero-order valence-electron chi connectivity index (χ0n) is 9.36. The first-order chi connectivity index (χ1) is 7.11. The molecule has 0 aromatic carbocycles. The minimum atomic E-state index is -0.545. The number of thiazole rings is 1. The van der Waals surface area contributed by atoms with Crippen LogP contribution in [0.4, 0.5) is 5.13 Å². The molecule has 3 nitrogen and oxygen atoms in total. The number of hydrogen-bond acceptors (Lipinski definition) is 4. The van der Waals surface area contributed by atoms with Crippen molar-refractivity contribution in [3.05, 3.63) is 11.1 Å². The Hall–Kier alpha value is -0.610. The number of aryl methyl sites for hydroxylation is 1. The first-order valence-corrected chi connectivity index (χ1v) is 6.40. The van der Waals surface area contributed by atoms with E-state index >= 15 is 0 Å². The second-order valence-corrected chi connectivity index (χ2v) is 5.33. The van der Waals surface area contributed by atoms with Gasteiger partial charge in [0.15, 0.2) is 5.13 Å². The van der Waals surface area contributed by atoms with Gasteiger partial charge in [-0.05, 0) is 26.2 Å². The molecule has 1 fully saturated rings. The van der Waals surface area contributed by atoms with E-state index < -0.39 is 5.60 Å². The Kier molecular flexibility index (Phi) is 2.98. The van der Waals surface area contributed by atoms with Crippen LogP contribution in [0.25, 0.3) is 0 Å². The molecule has 84 valence electrons. The molecular weight excluding hydrogens is 208 g/mol. The number of piperidine rings is 1. The molecule has 1 aromatic rings. The minimum absolute atomic E-state index is 0.545. The Bertz CT molecular complexity index is 335. The number of β-amino-alcohol motifs (C(OH)–C–C–N with tert-alkyl or cyclic N) is 1. The zero-order chi connectivity index (χ0) is 10.9. The van der Waals surface area contributed by atoms with E-state index in [0.29, 0.717) is 6.54 Å². The fourth-order valence-electron chi connectivity index (χ4n) is 1.99. The van der Waals surface area contributed by atoms with E-state index in [9.17, 15) is 5.11 Å². The lowest BCUT2D eigenvalue weighted by Gasteiger charge is -2.36. The SMILES string of the molecule is CCc1csc(N2CCCC(C)(O)C2)n1. The average Bonchev–Trinajstić information content (AvgIpc) is 2.64. The van der Waals surface area contributed by atoms with Crippen molar-refractivity contribution in [2.75, 3.05) is 18.0 Å². The fraction of sp³-hybridized carbons (Fsp3) is 0.727. The molecule has 1 aliphatic rings. The van der Waals surface area contributed by atoms with Gasteiger partial charge in [0.1, 0.15) is 0 Å². The number of rotatable bonds is 2. The second-order valence-electron chi connectivity index (χ2n) is 4.50. The number of nitrogens with zero attached hydrogens (tertiary/aromatic N) is 2. The summed E-state index contributed by atoms with van der Waals surface area (Å²) in [5.74, 6) is 0. The standard InChI is InChI=1S/C11H18N2OS/c1-3-9-7-15-10(12-9)13-6-4-5-11(2,14)8-13/h7,14H,3-6,8H2,1-2H3. The molecule has 0 aliphatic carbocycles. The highest BCUT2D eigenvalue weighted by molar-refractivity contribution is 7.13. The van der Waals surface area contributed by atoms with Gasteiger partial charge in [-0.2, -0.15) is 0 Å². The maximum atomic E-state index is 10.0. The summed E-state index contributed by atoms with van der Waals surface area (Å²) in [4.78, 5) is 6.75. The minimum Gasteiger partial charge on any atom is -0.388 e. The Morgan fingerprint density at radius 3 is 3.07 bits per heavy atom. The molecule has 1 aromatic heterocycles. The zero-order valence-corrected chi connectivity index (χ0v) is 10.2. The Morgan fingerprint density at radius 2 is 2.47 bits per heavy atom. The Labute approximate surface area is 94.8 Å². The summed E-state index contributed by atoms with van der Waals surface area (Å²) in [5, 5.41) is 13.2. The number of aromatic nitrogens is 1. The normalized spacial score (nSPS) is 27.0. The predicted octanol–water partition coefficient (Wildman–Crippen LogP) is 2.06. The number of hydrogen-bond donors (Lipinski definition) is 1. The Morgan fingerprint density at radius 1 is 1.67 bits per heavy atom. The van der Waals surface area contributed by atoms with E-state index in [1.54, 1.807) is 11.3 Å². The molecule has 15 heavy (non-hydrogen) atoms. The lowest BCUT2D eigenvalue weighted by Crippen LogP contribution is -2.46. The van der Waals surface area contributed by atoms with E-state index in [2.05, 4.69) is 22.2 Å². The van der Waals surface area contributed by atoms with Gasteiger partial charge in [0.25, 0.3) is 0 Å². The van der Waals surface area contributed by atoms with E-state index in [1.807, 2.05) is 6.92 Å². The molecule has 1 unspecified atom stereocenters. The highest BCUT2D eigenvalue weighted by Gasteiger charge is 2.29. The van der Waals surface area contributed by atoms with Crippen LogP contribution in [0.5, 0.6) is 0 Å². The van der Waals surface area contributed by atoms with Gasteiger partial charge in [-0.25, -0.2) is 4.98 Å². The van der Waals surface area contributed by atoms with Crippen molar-refractivity contribution >= 4 is 16.5 Å². The maximum absolute atomic E-state index is 10.0. The van der Waals surface area contributed by atoms with E-state index in [1.165, 1.54) is 0 Å². The summed E-state index contributed by atoms with van der Waals surface area (Å²) in [6.07, 6.45) is 2.93. The Balaban J connectivity index is 2.10.